The molecule has 0 unspecified atom stereocenters. The lowest BCUT2D eigenvalue weighted by Crippen LogP contribution is -2.46. The number of nitrogens with zero attached hydrogens (tertiary/aromatic N) is 1. The highest BCUT2D eigenvalue weighted by Gasteiger charge is 2.19. The molecule has 0 bridgehead atoms. The fraction of sp³-hybridized carbons (Fsp3) is 0.294. The van der Waals surface area contributed by atoms with Gasteiger partial charge in [-0.3, -0.25) is 9.59 Å². The van der Waals surface area contributed by atoms with E-state index in [2.05, 4.69) is 20.6 Å². The summed E-state index contributed by atoms with van der Waals surface area (Å²) in [6, 6.07) is 8.38. The first-order valence-corrected chi connectivity index (χ1v) is 8.05. The Labute approximate surface area is 150 Å². The predicted octanol–water partition coefficient (Wildman–Crippen LogP) is 0.239. The fourth-order valence-corrected chi connectivity index (χ4v) is 2.16. The Hall–Kier alpha value is -3.36. The highest BCUT2D eigenvalue weighted by molar-refractivity contribution is 5.86. The maximum atomic E-state index is 11.9. The number of aromatic nitrogens is 2. The van der Waals surface area contributed by atoms with E-state index in [0.29, 0.717) is 5.69 Å². The molecule has 1 atom stereocenters. The zero-order chi connectivity index (χ0) is 18.8. The summed E-state index contributed by atoms with van der Waals surface area (Å²) in [6.45, 7) is 0.224. The van der Waals surface area contributed by atoms with Crippen LogP contribution in [0.4, 0.5) is 4.79 Å². The van der Waals surface area contributed by atoms with Crippen molar-refractivity contribution in [3.8, 4) is 0 Å². The van der Waals surface area contributed by atoms with Crippen LogP contribution in [0.3, 0.4) is 0 Å². The van der Waals surface area contributed by atoms with Crippen LogP contribution in [0.25, 0.3) is 0 Å². The van der Waals surface area contributed by atoms with Crippen LogP contribution in [-0.4, -0.2) is 40.5 Å². The van der Waals surface area contributed by atoms with Crippen LogP contribution in [0.15, 0.2) is 42.9 Å². The van der Waals surface area contributed by atoms with E-state index in [-0.39, 0.29) is 26.0 Å². The van der Waals surface area contributed by atoms with Crippen molar-refractivity contribution in [2.75, 3.05) is 6.54 Å². The van der Waals surface area contributed by atoms with E-state index in [1.807, 2.05) is 30.3 Å². The van der Waals surface area contributed by atoms with Gasteiger partial charge in [0.25, 0.3) is 0 Å². The van der Waals surface area contributed by atoms with Crippen molar-refractivity contribution in [3.05, 3.63) is 54.1 Å². The molecule has 9 nitrogen and oxygen atoms in total. The number of ether oxygens (including phenoxy) is 1. The molecule has 0 aliphatic heterocycles. The van der Waals surface area contributed by atoms with Crippen molar-refractivity contribution < 1.29 is 19.1 Å². The second-order valence-corrected chi connectivity index (χ2v) is 5.54. The largest absolute Gasteiger partial charge is 0.445 e. The Kier molecular flexibility index (Phi) is 7.17. The van der Waals surface area contributed by atoms with E-state index in [4.69, 9.17) is 10.5 Å². The third-order valence-corrected chi connectivity index (χ3v) is 3.49. The summed E-state index contributed by atoms with van der Waals surface area (Å²) in [5, 5.41) is 5.01. The zero-order valence-electron chi connectivity index (χ0n) is 14.1. The van der Waals surface area contributed by atoms with Gasteiger partial charge in [0, 0.05) is 31.3 Å². The number of H-pyrrole nitrogens is 1. The second kappa shape index (κ2) is 9.82. The van der Waals surface area contributed by atoms with Gasteiger partial charge in [0.2, 0.25) is 11.8 Å². The number of alkyl carbamates (subject to hydrolysis) is 1. The maximum absolute atomic E-state index is 11.9. The number of benzene rings is 1. The lowest BCUT2D eigenvalue weighted by molar-refractivity contribution is -0.127. The molecule has 2 aromatic rings. The number of hydrogen-bond donors (Lipinski definition) is 4. The van der Waals surface area contributed by atoms with Crippen LogP contribution in [0.1, 0.15) is 17.7 Å². The molecule has 0 radical (unpaired) electrons. The minimum Gasteiger partial charge on any atom is -0.445 e. The highest BCUT2D eigenvalue weighted by atomic mass is 16.5. The number of carbonyl (C=O) groups excluding carboxylic acids is 3. The number of nitrogens with one attached hydrogen (secondary N) is 3. The Bertz CT molecular complexity index is 718. The summed E-state index contributed by atoms with van der Waals surface area (Å²) in [4.78, 5) is 41.6. The number of imidazole rings is 1. The molecule has 26 heavy (non-hydrogen) atoms. The molecular formula is C17H21N5O4. The van der Waals surface area contributed by atoms with Crippen LogP contribution >= 0.6 is 0 Å². The van der Waals surface area contributed by atoms with Gasteiger partial charge in [-0.05, 0) is 5.56 Å². The molecule has 0 fully saturated rings. The number of primary amides is 1. The van der Waals surface area contributed by atoms with Crippen molar-refractivity contribution >= 4 is 17.9 Å². The molecule has 0 aliphatic carbocycles. The molecule has 9 heteroatoms. The molecule has 5 N–H and O–H groups in total. The van der Waals surface area contributed by atoms with Gasteiger partial charge in [0.15, 0.2) is 0 Å². The summed E-state index contributed by atoms with van der Waals surface area (Å²) in [6.07, 6.45) is 2.61. The molecular weight excluding hydrogens is 338 g/mol. The van der Waals surface area contributed by atoms with Gasteiger partial charge >= 0.3 is 6.09 Å². The second-order valence-electron chi connectivity index (χ2n) is 5.54. The first-order valence-electron chi connectivity index (χ1n) is 8.05. The van der Waals surface area contributed by atoms with Gasteiger partial charge in [-0.1, -0.05) is 30.3 Å². The number of aromatic amines is 1. The van der Waals surface area contributed by atoms with Crippen LogP contribution in [0.5, 0.6) is 0 Å². The Balaban J connectivity index is 1.66. The third-order valence-electron chi connectivity index (χ3n) is 3.49. The number of nitrogens with two attached hydrogens (primary N) is 1. The molecule has 1 aromatic carbocycles. The number of rotatable bonds is 9. The lowest BCUT2D eigenvalue weighted by atomic mass is 10.1. The molecule has 0 saturated carbocycles. The normalized spacial score (nSPS) is 11.4. The van der Waals surface area contributed by atoms with Crippen LogP contribution in [0, 0.1) is 0 Å². The van der Waals surface area contributed by atoms with Gasteiger partial charge < -0.3 is 26.1 Å². The SMILES string of the molecule is NC(=O)[C@H](Cc1cnc[nH]1)NC(=O)CCNC(=O)OCc1ccccc1. The average Bonchev–Trinajstić information content (AvgIpc) is 3.13. The molecule has 0 aliphatic rings. The third kappa shape index (κ3) is 6.63. The molecule has 0 spiro atoms. The van der Waals surface area contributed by atoms with Crippen LogP contribution in [-0.2, 0) is 27.4 Å². The number of carbonyl (C=O) groups is 3. The molecule has 2 rings (SSSR count). The minimum absolute atomic E-state index is 0.00675. The lowest BCUT2D eigenvalue weighted by Gasteiger charge is -2.14. The summed E-state index contributed by atoms with van der Waals surface area (Å²) < 4.78 is 5.03. The van der Waals surface area contributed by atoms with E-state index in [1.54, 1.807) is 6.20 Å². The van der Waals surface area contributed by atoms with Gasteiger partial charge in [-0.25, -0.2) is 9.78 Å². The number of amides is 3. The van der Waals surface area contributed by atoms with E-state index in [1.165, 1.54) is 6.33 Å². The van der Waals surface area contributed by atoms with Gasteiger partial charge in [0.05, 0.1) is 6.33 Å². The van der Waals surface area contributed by atoms with Crippen molar-refractivity contribution in [2.45, 2.75) is 25.5 Å². The summed E-state index contributed by atoms with van der Waals surface area (Å²) in [5.74, 6) is -1.06. The number of hydrogen-bond acceptors (Lipinski definition) is 5. The van der Waals surface area contributed by atoms with Gasteiger partial charge in [-0.15, -0.1) is 0 Å². The van der Waals surface area contributed by atoms with E-state index < -0.39 is 23.9 Å². The topological polar surface area (TPSA) is 139 Å². The standard InChI is InChI=1S/C17H21N5O4/c18-16(24)14(8-13-9-19-11-21-13)22-15(23)6-7-20-17(25)26-10-12-4-2-1-3-5-12/h1-5,9,11,14H,6-8,10H2,(H2,18,24)(H,19,21)(H,20,25)(H,22,23)/t14-/m0/s1. The Morgan fingerprint density at radius 1 is 1.23 bits per heavy atom. The quantitative estimate of drug-likeness (QED) is 0.508. The van der Waals surface area contributed by atoms with Crippen molar-refractivity contribution in [1.29, 1.82) is 0 Å². The summed E-state index contributed by atoms with van der Waals surface area (Å²) >= 11 is 0. The monoisotopic (exact) mass is 359 g/mol. The van der Waals surface area contributed by atoms with Crippen molar-refractivity contribution in [3.63, 3.8) is 0 Å². The molecule has 1 heterocycles. The first kappa shape index (κ1) is 19.0. The molecule has 0 saturated heterocycles. The fourth-order valence-electron chi connectivity index (χ4n) is 2.16. The summed E-state index contributed by atoms with van der Waals surface area (Å²) in [5.41, 5.74) is 6.84. The van der Waals surface area contributed by atoms with Gasteiger partial charge in [-0.2, -0.15) is 0 Å². The van der Waals surface area contributed by atoms with Crippen molar-refractivity contribution in [1.82, 2.24) is 20.6 Å². The highest BCUT2D eigenvalue weighted by Crippen LogP contribution is 2.01. The molecule has 1 aromatic heterocycles. The van der Waals surface area contributed by atoms with Gasteiger partial charge in [0.1, 0.15) is 12.6 Å². The van der Waals surface area contributed by atoms with Crippen LogP contribution < -0.4 is 16.4 Å². The zero-order valence-corrected chi connectivity index (χ0v) is 14.1. The van der Waals surface area contributed by atoms with E-state index >= 15 is 0 Å². The summed E-state index contributed by atoms with van der Waals surface area (Å²) in [7, 11) is 0. The molecule has 3 amide bonds. The van der Waals surface area contributed by atoms with E-state index in [9.17, 15) is 14.4 Å². The van der Waals surface area contributed by atoms with Crippen molar-refractivity contribution in [2.24, 2.45) is 5.73 Å². The van der Waals surface area contributed by atoms with E-state index in [0.717, 1.165) is 5.56 Å². The smallest absolute Gasteiger partial charge is 0.407 e. The Morgan fingerprint density at radius 2 is 2.00 bits per heavy atom. The first-order chi connectivity index (χ1) is 12.5. The molecule has 138 valence electrons. The maximum Gasteiger partial charge on any atom is 0.407 e. The average molecular weight is 359 g/mol. The predicted molar refractivity (Wildman–Crippen MR) is 92.7 cm³/mol. The van der Waals surface area contributed by atoms with Crippen LogP contribution in [0.2, 0.25) is 0 Å². The Morgan fingerprint density at radius 3 is 2.65 bits per heavy atom. The minimum atomic E-state index is -0.854.